The van der Waals surface area contributed by atoms with Gasteiger partial charge < -0.3 is 14.5 Å². The van der Waals surface area contributed by atoms with E-state index in [4.69, 9.17) is 4.74 Å². The van der Waals surface area contributed by atoms with Crippen LogP contribution in [-0.2, 0) is 9.53 Å². The maximum Gasteiger partial charge on any atom is 0.264 e. The first-order valence-corrected chi connectivity index (χ1v) is 11.7. The minimum Gasteiger partial charge on any atom is -0.378 e. The molecule has 30 heavy (non-hydrogen) atoms. The van der Waals surface area contributed by atoms with E-state index in [0.717, 1.165) is 53.3 Å². The van der Waals surface area contributed by atoms with Crippen LogP contribution in [0, 0.1) is 0 Å². The standard InChI is InChI=1S/C22H30N4O3S/c1-3-25(4-2)18(27)15-24-9-7-16(14-24)19-17-6-5-8-23-21(17)30-20(19)22(28)26-10-12-29-13-11-26/h5-6,8,16H,3-4,7,9-15H2,1-2H3/t16-/m0/s1. The summed E-state index contributed by atoms with van der Waals surface area (Å²) in [5.41, 5.74) is 1.12. The van der Waals surface area contributed by atoms with E-state index in [-0.39, 0.29) is 17.7 Å². The van der Waals surface area contributed by atoms with Crippen LogP contribution in [0.5, 0.6) is 0 Å². The number of hydrogen-bond acceptors (Lipinski definition) is 6. The molecule has 2 aliphatic heterocycles. The van der Waals surface area contributed by atoms with Gasteiger partial charge in [0, 0.05) is 50.2 Å². The smallest absolute Gasteiger partial charge is 0.264 e. The van der Waals surface area contributed by atoms with E-state index in [1.165, 1.54) is 11.3 Å². The van der Waals surface area contributed by atoms with Crippen molar-refractivity contribution in [2.45, 2.75) is 26.2 Å². The molecule has 2 aliphatic rings. The number of rotatable bonds is 6. The van der Waals surface area contributed by atoms with Gasteiger partial charge in [-0.2, -0.15) is 0 Å². The third-order valence-corrected chi connectivity index (χ3v) is 7.27. The predicted octanol–water partition coefficient (Wildman–Crippen LogP) is 2.43. The first-order valence-electron chi connectivity index (χ1n) is 10.9. The zero-order chi connectivity index (χ0) is 21.1. The number of thiophene rings is 1. The molecule has 0 unspecified atom stereocenters. The minimum atomic E-state index is 0.0916. The van der Waals surface area contributed by atoms with Crippen molar-refractivity contribution < 1.29 is 14.3 Å². The zero-order valence-corrected chi connectivity index (χ0v) is 18.6. The van der Waals surface area contributed by atoms with Crippen molar-refractivity contribution in [1.29, 1.82) is 0 Å². The molecule has 0 saturated carbocycles. The topological polar surface area (TPSA) is 66.0 Å². The monoisotopic (exact) mass is 430 g/mol. The van der Waals surface area contributed by atoms with Gasteiger partial charge in [-0.05, 0) is 38.4 Å². The Morgan fingerprint density at radius 1 is 1.23 bits per heavy atom. The Labute approximate surface area is 181 Å². The quantitative estimate of drug-likeness (QED) is 0.704. The second-order valence-corrected chi connectivity index (χ2v) is 8.89. The normalized spacial score (nSPS) is 20.1. The Hall–Kier alpha value is -2.03. The average molecular weight is 431 g/mol. The van der Waals surface area contributed by atoms with Gasteiger partial charge in [-0.15, -0.1) is 11.3 Å². The summed E-state index contributed by atoms with van der Waals surface area (Å²) in [6.45, 7) is 10.1. The Morgan fingerprint density at radius 3 is 2.73 bits per heavy atom. The maximum atomic E-state index is 13.4. The van der Waals surface area contributed by atoms with E-state index in [1.807, 2.05) is 29.7 Å². The first kappa shape index (κ1) is 21.2. The van der Waals surface area contributed by atoms with Crippen LogP contribution in [0.4, 0.5) is 0 Å². The Morgan fingerprint density at radius 2 is 2.00 bits per heavy atom. The summed E-state index contributed by atoms with van der Waals surface area (Å²) in [6, 6.07) is 4.02. The third kappa shape index (κ3) is 4.22. The highest BCUT2D eigenvalue weighted by Crippen LogP contribution is 2.40. The van der Waals surface area contributed by atoms with Crippen molar-refractivity contribution in [1.82, 2.24) is 19.7 Å². The predicted molar refractivity (Wildman–Crippen MR) is 118 cm³/mol. The summed E-state index contributed by atoms with van der Waals surface area (Å²) in [7, 11) is 0. The lowest BCUT2D eigenvalue weighted by Crippen LogP contribution is -2.41. The molecule has 2 amide bonds. The van der Waals surface area contributed by atoms with Crippen LogP contribution in [0.2, 0.25) is 0 Å². The molecule has 2 saturated heterocycles. The van der Waals surface area contributed by atoms with Crippen molar-refractivity contribution in [2.24, 2.45) is 0 Å². The van der Waals surface area contributed by atoms with Gasteiger partial charge in [0.05, 0.1) is 24.6 Å². The molecule has 2 fully saturated rings. The lowest BCUT2D eigenvalue weighted by molar-refractivity contribution is -0.131. The van der Waals surface area contributed by atoms with Crippen LogP contribution in [0.15, 0.2) is 18.3 Å². The summed E-state index contributed by atoms with van der Waals surface area (Å²) >= 11 is 1.50. The van der Waals surface area contributed by atoms with Crippen LogP contribution in [-0.4, -0.2) is 90.5 Å². The molecule has 0 aliphatic carbocycles. The molecule has 0 spiro atoms. The second-order valence-electron chi connectivity index (χ2n) is 7.89. The van der Waals surface area contributed by atoms with E-state index in [2.05, 4.69) is 16.0 Å². The first-order chi connectivity index (χ1) is 14.6. The van der Waals surface area contributed by atoms with Crippen LogP contribution in [0.25, 0.3) is 10.2 Å². The number of ether oxygens (including phenoxy) is 1. The third-order valence-electron chi connectivity index (χ3n) is 6.15. The molecule has 162 valence electrons. The van der Waals surface area contributed by atoms with Crippen molar-refractivity contribution in [3.8, 4) is 0 Å². The van der Waals surface area contributed by atoms with Gasteiger partial charge in [0.25, 0.3) is 5.91 Å². The van der Waals surface area contributed by atoms with Gasteiger partial charge in [0.2, 0.25) is 5.91 Å². The second kappa shape index (κ2) is 9.41. The fraction of sp³-hybridized carbons (Fsp3) is 0.591. The Kier molecular flexibility index (Phi) is 6.65. The van der Waals surface area contributed by atoms with Crippen molar-refractivity contribution >= 4 is 33.4 Å². The Balaban J connectivity index is 1.57. The number of nitrogens with zero attached hydrogens (tertiary/aromatic N) is 4. The average Bonchev–Trinajstić information content (AvgIpc) is 3.38. The molecular weight excluding hydrogens is 400 g/mol. The van der Waals surface area contributed by atoms with Crippen LogP contribution in [0.3, 0.4) is 0 Å². The SMILES string of the molecule is CCN(CC)C(=O)CN1CC[C@H](c2c(C(=O)N3CCOCC3)sc3ncccc23)C1. The molecule has 0 radical (unpaired) electrons. The van der Waals surface area contributed by atoms with Crippen molar-refractivity contribution in [2.75, 3.05) is 59.0 Å². The summed E-state index contributed by atoms with van der Waals surface area (Å²) < 4.78 is 5.42. The highest BCUT2D eigenvalue weighted by atomic mass is 32.1. The molecule has 0 N–H and O–H groups in total. The van der Waals surface area contributed by atoms with Crippen LogP contribution < -0.4 is 0 Å². The fourth-order valence-electron chi connectivity index (χ4n) is 4.50. The van der Waals surface area contributed by atoms with Gasteiger partial charge >= 0.3 is 0 Å². The van der Waals surface area contributed by atoms with E-state index in [1.54, 1.807) is 6.20 Å². The number of fused-ring (bicyclic) bond motifs is 1. The number of morpholine rings is 1. The molecule has 2 aromatic rings. The highest BCUT2D eigenvalue weighted by molar-refractivity contribution is 7.20. The zero-order valence-electron chi connectivity index (χ0n) is 17.8. The minimum absolute atomic E-state index is 0.0916. The molecular formula is C22H30N4O3S. The highest BCUT2D eigenvalue weighted by Gasteiger charge is 2.33. The maximum absolute atomic E-state index is 13.4. The number of likely N-dealkylation sites (N-methyl/N-ethyl adjacent to an activating group) is 1. The lowest BCUT2D eigenvalue weighted by Gasteiger charge is -2.27. The van der Waals surface area contributed by atoms with Gasteiger partial charge in [0.15, 0.2) is 0 Å². The van der Waals surface area contributed by atoms with Crippen molar-refractivity contribution in [3.05, 3.63) is 28.8 Å². The summed E-state index contributed by atoms with van der Waals surface area (Å²) in [5.74, 6) is 0.517. The van der Waals surface area contributed by atoms with Gasteiger partial charge in [-0.3, -0.25) is 14.5 Å². The molecule has 1 atom stereocenters. The molecule has 7 nitrogen and oxygen atoms in total. The number of pyridine rings is 1. The van der Waals surface area contributed by atoms with E-state index >= 15 is 0 Å². The lowest BCUT2D eigenvalue weighted by atomic mass is 9.95. The number of likely N-dealkylation sites (tertiary alicyclic amines) is 1. The number of carbonyl (C=O) groups is 2. The molecule has 8 heteroatoms. The van der Waals surface area contributed by atoms with E-state index in [9.17, 15) is 9.59 Å². The Bertz CT molecular complexity index is 905. The van der Waals surface area contributed by atoms with E-state index < -0.39 is 0 Å². The van der Waals surface area contributed by atoms with E-state index in [0.29, 0.717) is 32.8 Å². The van der Waals surface area contributed by atoms with Gasteiger partial charge in [-0.1, -0.05) is 6.07 Å². The molecule has 2 aromatic heterocycles. The molecule has 4 heterocycles. The molecule has 0 aromatic carbocycles. The molecule has 0 bridgehead atoms. The van der Waals surface area contributed by atoms with Crippen LogP contribution >= 0.6 is 11.3 Å². The van der Waals surface area contributed by atoms with Crippen molar-refractivity contribution in [3.63, 3.8) is 0 Å². The molecule has 4 rings (SSSR count). The van der Waals surface area contributed by atoms with Crippen LogP contribution in [0.1, 0.15) is 41.4 Å². The number of hydrogen-bond donors (Lipinski definition) is 0. The largest absolute Gasteiger partial charge is 0.378 e. The number of aromatic nitrogens is 1. The number of carbonyl (C=O) groups excluding carboxylic acids is 2. The number of amides is 2. The van der Waals surface area contributed by atoms with Gasteiger partial charge in [-0.25, -0.2) is 4.98 Å². The summed E-state index contributed by atoms with van der Waals surface area (Å²) in [5, 5.41) is 1.08. The summed E-state index contributed by atoms with van der Waals surface area (Å²) in [4.78, 5) is 38.2. The summed E-state index contributed by atoms with van der Waals surface area (Å²) in [6.07, 6.45) is 2.74. The fourth-order valence-corrected chi connectivity index (χ4v) is 5.70. The van der Waals surface area contributed by atoms with Gasteiger partial charge in [0.1, 0.15) is 4.83 Å².